The average molecular weight is 395 g/mol. The first kappa shape index (κ1) is 20.4. The van der Waals surface area contributed by atoms with Crippen molar-refractivity contribution in [1.29, 1.82) is 0 Å². The van der Waals surface area contributed by atoms with Crippen molar-refractivity contribution in [3.05, 3.63) is 47.2 Å². The molecule has 0 bridgehead atoms. The molecule has 1 unspecified atom stereocenters. The van der Waals surface area contributed by atoms with Gasteiger partial charge < -0.3 is 9.32 Å². The van der Waals surface area contributed by atoms with Gasteiger partial charge in [0.2, 0.25) is 11.8 Å². The van der Waals surface area contributed by atoms with Crippen molar-refractivity contribution in [3.8, 4) is 0 Å². The molecule has 152 valence electrons. The summed E-state index contributed by atoms with van der Waals surface area (Å²) in [6.07, 6.45) is -2.52. The zero-order valence-electron chi connectivity index (χ0n) is 16.2. The summed E-state index contributed by atoms with van der Waals surface area (Å²) in [5.41, 5.74) is -1.23. The molecule has 0 spiro atoms. The molecule has 28 heavy (non-hydrogen) atoms. The van der Waals surface area contributed by atoms with E-state index in [1.165, 1.54) is 23.1 Å². The lowest BCUT2D eigenvalue weighted by atomic mass is 9.92. The highest BCUT2D eigenvalue weighted by Gasteiger charge is 2.37. The Morgan fingerprint density at radius 3 is 2.61 bits per heavy atom. The quantitative estimate of drug-likeness (QED) is 0.756. The van der Waals surface area contributed by atoms with Crippen LogP contribution in [0.2, 0.25) is 0 Å². The van der Waals surface area contributed by atoms with Crippen molar-refractivity contribution in [2.24, 2.45) is 5.41 Å². The van der Waals surface area contributed by atoms with E-state index in [4.69, 9.17) is 4.42 Å². The van der Waals surface area contributed by atoms with E-state index < -0.39 is 17.6 Å². The lowest BCUT2D eigenvalue weighted by molar-refractivity contribution is -0.138. The molecule has 0 radical (unpaired) electrons. The number of hydrogen-bond donors (Lipinski definition) is 0. The third-order valence-corrected chi connectivity index (χ3v) is 4.68. The lowest BCUT2D eigenvalue weighted by Crippen LogP contribution is -2.40. The monoisotopic (exact) mass is 395 g/mol. The maximum Gasteiger partial charge on any atom is 0.417 e. The van der Waals surface area contributed by atoms with Crippen molar-refractivity contribution in [2.45, 2.75) is 52.1 Å². The zero-order valence-corrected chi connectivity index (χ0v) is 16.2. The number of aromatic nitrogens is 2. The minimum absolute atomic E-state index is 0.000323. The van der Waals surface area contributed by atoms with E-state index in [-0.39, 0.29) is 23.4 Å². The fourth-order valence-electron chi connectivity index (χ4n) is 3.41. The molecular weight excluding hydrogens is 371 g/mol. The van der Waals surface area contributed by atoms with Crippen LogP contribution in [0, 0.1) is 5.41 Å². The van der Waals surface area contributed by atoms with Gasteiger partial charge in [-0.2, -0.15) is 13.2 Å². The van der Waals surface area contributed by atoms with E-state index in [1.54, 1.807) is 0 Å². The fraction of sp³-hybridized carbons (Fsp3) is 0.550. The average Bonchev–Trinajstić information content (AvgIpc) is 3.07. The number of piperidine rings is 1. The minimum atomic E-state index is -4.57. The van der Waals surface area contributed by atoms with Gasteiger partial charge in [-0.1, -0.05) is 32.9 Å². The molecular formula is C20H24F3N3O2. The van der Waals surface area contributed by atoms with E-state index >= 15 is 0 Å². The van der Waals surface area contributed by atoms with Crippen LogP contribution in [-0.2, 0) is 12.6 Å². The van der Waals surface area contributed by atoms with Gasteiger partial charge in [0.25, 0.3) is 5.91 Å². The minimum Gasteiger partial charge on any atom is -0.425 e. The Labute approximate surface area is 161 Å². The van der Waals surface area contributed by atoms with Gasteiger partial charge in [0.05, 0.1) is 17.0 Å². The van der Waals surface area contributed by atoms with Crippen LogP contribution in [0.1, 0.15) is 67.2 Å². The normalized spacial score (nSPS) is 18.4. The van der Waals surface area contributed by atoms with Gasteiger partial charge in [0.15, 0.2) is 0 Å². The molecule has 1 aliphatic rings. The highest BCUT2D eigenvalue weighted by Crippen LogP contribution is 2.34. The van der Waals surface area contributed by atoms with Crippen LogP contribution in [0.15, 0.2) is 28.7 Å². The maximum absolute atomic E-state index is 13.3. The summed E-state index contributed by atoms with van der Waals surface area (Å²) in [6, 6.07) is 4.89. The molecule has 0 N–H and O–H groups in total. The first-order valence-corrected chi connectivity index (χ1v) is 9.32. The highest BCUT2D eigenvalue weighted by atomic mass is 19.4. The first-order valence-electron chi connectivity index (χ1n) is 9.32. The van der Waals surface area contributed by atoms with Gasteiger partial charge in [0, 0.05) is 19.5 Å². The summed E-state index contributed by atoms with van der Waals surface area (Å²) >= 11 is 0. The lowest BCUT2D eigenvalue weighted by Gasteiger charge is -2.31. The number of carbonyl (C=O) groups excluding carboxylic acids is 1. The highest BCUT2D eigenvalue weighted by molar-refractivity contribution is 5.96. The number of amides is 1. The van der Waals surface area contributed by atoms with Gasteiger partial charge in [-0.25, -0.2) is 0 Å². The number of hydrogen-bond acceptors (Lipinski definition) is 4. The number of halogens is 3. The molecule has 8 heteroatoms. The number of benzene rings is 1. The van der Waals surface area contributed by atoms with Gasteiger partial charge in [-0.3, -0.25) is 4.79 Å². The molecule has 1 atom stereocenters. The molecule has 1 fully saturated rings. The number of carbonyl (C=O) groups is 1. The Morgan fingerprint density at radius 2 is 1.93 bits per heavy atom. The van der Waals surface area contributed by atoms with Crippen LogP contribution in [0.4, 0.5) is 13.2 Å². The molecule has 1 saturated heterocycles. The third-order valence-electron chi connectivity index (χ3n) is 4.68. The second-order valence-corrected chi connectivity index (χ2v) is 8.41. The van der Waals surface area contributed by atoms with E-state index in [1.807, 2.05) is 0 Å². The first-order chi connectivity index (χ1) is 13.0. The van der Waals surface area contributed by atoms with E-state index in [0.717, 1.165) is 12.5 Å². The summed E-state index contributed by atoms with van der Waals surface area (Å²) in [7, 11) is 0. The molecule has 0 saturated carbocycles. The zero-order chi connectivity index (χ0) is 20.5. The van der Waals surface area contributed by atoms with Crippen LogP contribution in [0.25, 0.3) is 0 Å². The maximum atomic E-state index is 13.3. The van der Waals surface area contributed by atoms with Crippen LogP contribution in [0.5, 0.6) is 0 Å². The number of alkyl halides is 3. The topological polar surface area (TPSA) is 59.2 Å². The summed E-state index contributed by atoms with van der Waals surface area (Å²) in [5, 5.41) is 8.20. The molecule has 1 aromatic heterocycles. The van der Waals surface area contributed by atoms with E-state index in [0.29, 0.717) is 31.2 Å². The number of rotatable bonds is 3. The Kier molecular flexibility index (Phi) is 5.50. The van der Waals surface area contributed by atoms with Crippen molar-refractivity contribution < 1.29 is 22.4 Å². The molecule has 0 aliphatic carbocycles. The van der Waals surface area contributed by atoms with Crippen LogP contribution in [0.3, 0.4) is 0 Å². The van der Waals surface area contributed by atoms with Crippen molar-refractivity contribution in [3.63, 3.8) is 0 Å². The number of nitrogens with zero attached hydrogens (tertiary/aromatic N) is 3. The Balaban J connectivity index is 1.76. The Morgan fingerprint density at radius 1 is 1.21 bits per heavy atom. The molecule has 1 aromatic carbocycles. The standard InChI is InChI=1S/C20H24F3N3O2/c1-19(2,3)11-16-24-25-17(28-16)13-7-6-10-26(12-13)18(27)14-8-4-5-9-15(14)20(21,22)23/h4-5,8-9,13H,6-7,10-12H2,1-3H3. The fourth-order valence-corrected chi connectivity index (χ4v) is 3.41. The Hall–Kier alpha value is -2.38. The van der Waals surface area contributed by atoms with Crippen molar-refractivity contribution in [2.75, 3.05) is 13.1 Å². The largest absolute Gasteiger partial charge is 0.425 e. The van der Waals surface area contributed by atoms with Gasteiger partial charge in [0.1, 0.15) is 0 Å². The van der Waals surface area contributed by atoms with Crippen LogP contribution >= 0.6 is 0 Å². The molecule has 2 heterocycles. The van der Waals surface area contributed by atoms with Crippen molar-refractivity contribution in [1.82, 2.24) is 15.1 Å². The van der Waals surface area contributed by atoms with Crippen LogP contribution < -0.4 is 0 Å². The molecule has 1 amide bonds. The molecule has 1 aliphatic heterocycles. The van der Waals surface area contributed by atoms with Crippen molar-refractivity contribution >= 4 is 5.91 Å². The SMILES string of the molecule is CC(C)(C)Cc1nnc(C2CCCN(C(=O)c3ccccc3C(F)(F)F)C2)o1. The van der Waals surface area contributed by atoms with E-state index in [2.05, 4.69) is 31.0 Å². The third kappa shape index (κ3) is 4.72. The summed E-state index contributed by atoms with van der Waals surface area (Å²) in [5.74, 6) is 0.193. The summed E-state index contributed by atoms with van der Waals surface area (Å²) < 4.78 is 45.5. The van der Waals surface area contributed by atoms with Gasteiger partial charge >= 0.3 is 6.18 Å². The molecule has 2 aromatic rings. The second kappa shape index (κ2) is 7.56. The van der Waals surface area contributed by atoms with Gasteiger partial charge in [-0.05, 0) is 30.4 Å². The summed E-state index contributed by atoms with van der Waals surface area (Å²) in [6.45, 7) is 6.87. The summed E-state index contributed by atoms with van der Waals surface area (Å²) in [4.78, 5) is 14.2. The number of likely N-dealkylation sites (tertiary alicyclic amines) is 1. The predicted molar refractivity (Wildman–Crippen MR) is 96.8 cm³/mol. The smallest absolute Gasteiger partial charge is 0.417 e. The Bertz CT molecular complexity index is 840. The van der Waals surface area contributed by atoms with E-state index in [9.17, 15) is 18.0 Å². The molecule has 5 nitrogen and oxygen atoms in total. The van der Waals surface area contributed by atoms with Gasteiger partial charge in [-0.15, -0.1) is 10.2 Å². The van der Waals surface area contributed by atoms with Crippen LogP contribution in [-0.4, -0.2) is 34.1 Å². The molecule has 3 rings (SSSR count). The second-order valence-electron chi connectivity index (χ2n) is 8.41. The predicted octanol–water partition coefficient (Wildman–Crippen LogP) is 4.70.